The molecule has 0 aliphatic carbocycles. The summed E-state index contributed by atoms with van der Waals surface area (Å²) in [5.41, 5.74) is 1.15. The molecule has 0 unspecified atom stereocenters. The second-order valence-electron chi connectivity index (χ2n) is 5.32. The summed E-state index contributed by atoms with van der Waals surface area (Å²) in [4.78, 5) is 24.0. The number of ether oxygens (including phenoxy) is 1. The molecule has 1 N–H and O–H groups in total. The van der Waals surface area contributed by atoms with Crippen molar-refractivity contribution in [2.75, 3.05) is 26.5 Å². The summed E-state index contributed by atoms with van der Waals surface area (Å²) in [7, 11) is 4.67. The molecule has 1 rings (SSSR count). The SMILES string of the molecule is COC(=O)Cc1ccc(NC(/C=C/N(C)C)=C/C(=O)C(F)(F)F)cc1. The van der Waals surface area contributed by atoms with E-state index in [1.54, 1.807) is 43.3 Å². The number of nitrogens with zero attached hydrogens (tertiary/aromatic N) is 1. The standard InChI is InChI=1S/C17H19F3N2O3/c1-22(2)9-8-14(11-15(23)17(18,19)20)21-13-6-4-12(5-7-13)10-16(24)25-3/h4-9,11,21H,10H2,1-3H3/b9-8+,14-11+. The van der Waals surface area contributed by atoms with Gasteiger partial charge in [-0.3, -0.25) is 9.59 Å². The fraction of sp³-hybridized carbons (Fsp3) is 0.294. The number of hydrogen-bond acceptors (Lipinski definition) is 5. The van der Waals surface area contributed by atoms with Crippen molar-refractivity contribution >= 4 is 17.4 Å². The Morgan fingerprint density at radius 2 is 1.80 bits per heavy atom. The minimum absolute atomic E-state index is 0.0169. The van der Waals surface area contributed by atoms with Gasteiger partial charge in [-0.25, -0.2) is 0 Å². The molecule has 0 saturated carbocycles. The number of allylic oxidation sites excluding steroid dienone is 2. The van der Waals surface area contributed by atoms with E-state index in [1.807, 2.05) is 0 Å². The van der Waals surface area contributed by atoms with Crippen LogP contribution in [0.5, 0.6) is 0 Å². The maximum absolute atomic E-state index is 12.5. The Labute approximate surface area is 143 Å². The number of esters is 1. The molecule has 0 aliphatic heterocycles. The van der Waals surface area contributed by atoms with Gasteiger partial charge < -0.3 is 15.0 Å². The molecule has 0 spiro atoms. The number of halogens is 3. The van der Waals surface area contributed by atoms with Crippen LogP contribution in [0.25, 0.3) is 0 Å². The zero-order valence-electron chi connectivity index (χ0n) is 14.1. The zero-order chi connectivity index (χ0) is 19.0. The van der Waals surface area contributed by atoms with Crippen LogP contribution in [0.3, 0.4) is 0 Å². The average Bonchev–Trinajstić information content (AvgIpc) is 2.53. The molecule has 0 fully saturated rings. The number of carbonyl (C=O) groups excluding carboxylic acids is 2. The minimum atomic E-state index is -4.94. The third kappa shape index (κ3) is 7.56. The van der Waals surface area contributed by atoms with E-state index in [9.17, 15) is 22.8 Å². The van der Waals surface area contributed by atoms with E-state index < -0.39 is 17.9 Å². The molecule has 0 atom stereocenters. The van der Waals surface area contributed by atoms with Gasteiger partial charge in [0.05, 0.1) is 13.5 Å². The molecule has 1 aromatic rings. The first-order chi connectivity index (χ1) is 11.6. The van der Waals surface area contributed by atoms with Gasteiger partial charge in [-0.1, -0.05) is 12.1 Å². The zero-order valence-corrected chi connectivity index (χ0v) is 14.1. The maximum Gasteiger partial charge on any atom is 0.454 e. The number of nitrogens with one attached hydrogen (secondary N) is 1. The largest absolute Gasteiger partial charge is 0.469 e. The second-order valence-corrected chi connectivity index (χ2v) is 5.32. The van der Waals surface area contributed by atoms with Crippen molar-refractivity contribution in [1.82, 2.24) is 4.90 Å². The highest BCUT2D eigenvalue weighted by Gasteiger charge is 2.36. The molecule has 0 bridgehead atoms. The Kier molecular flexibility index (Phi) is 7.22. The van der Waals surface area contributed by atoms with Gasteiger partial charge in [-0.15, -0.1) is 0 Å². The fourth-order valence-corrected chi connectivity index (χ4v) is 1.69. The molecule has 0 radical (unpaired) electrons. The summed E-state index contributed by atoms with van der Waals surface area (Å²) in [6.07, 6.45) is -1.50. The molecular formula is C17H19F3N2O3. The van der Waals surface area contributed by atoms with Crippen molar-refractivity contribution in [3.8, 4) is 0 Å². The van der Waals surface area contributed by atoms with Gasteiger partial charge in [0.15, 0.2) is 0 Å². The van der Waals surface area contributed by atoms with Crippen molar-refractivity contribution in [3.63, 3.8) is 0 Å². The molecule has 1 aromatic carbocycles. The Morgan fingerprint density at radius 1 is 1.20 bits per heavy atom. The number of ketones is 1. The van der Waals surface area contributed by atoms with Gasteiger partial charge in [-0.2, -0.15) is 13.2 Å². The topological polar surface area (TPSA) is 58.6 Å². The Hall–Kier alpha value is -2.77. The first kappa shape index (κ1) is 20.3. The van der Waals surface area contributed by atoms with Crippen LogP contribution < -0.4 is 5.32 Å². The monoisotopic (exact) mass is 356 g/mol. The quantitative estimate of drug-likeness (QED) is 0.462. The molecule has 0 saturated heterocycles. The van der Waals surface area contributed by atoms with Gasteiger partial charge in [-0.05, 0) is 23.8 Å². The van der Waals surface area contributed by atoms with Crippen LogP contribution in [-0.4, -0.2) is 44.0 Å². The number of anilines is 1. The molecule has 8 heteroatoms. The highest BCUT2D eigenvalue weighted by atomic mass is 19.4. The third-order valence-electron chi connectivity index (χ3n) is 2.94. The predicted octanol–water partition coefficient (Wildman–Crippen LogP) is 2.90. The van der Waals surface area contributed by atoms with E-state index in [1.165, 1.54) is 19.4 Å². The molecule has 5 nitrogen and oxygen atoms in total. The van der Waals surface area contributed by atoms with E-state index >= 15 is 0 Å². The van der Waals surface area contributed by atoms with Crippen LogP contribution in [-0.2, 0) is 20.7 Å². The van der Waals surface area contributed by atoms with Gasteiger partial charge in [0.1, 0.15) is 0 Å². The molecular weight excluding hydrogens is 337 g/mol. The van der Waals surface area contributed by atoms with Crippen molar-refractivity contribution in [2.24, 2.45) is 0 Å². The van der Waals surface area contributed by atoms with Gasteiger partial charge in [0.25, 0.3) is 5.78 Å². The van der Waals surface area contributed by atoms with Gasteiger partial charge in [0.2, 0.25) is 0 Å². The first-order valence-corrected chi connectivity index (χ1v) is 7.22. The van der Waals surface area contributed by atoms with Crippen LogP contribution in [0.4, 0.5) is 18.9 Å². The van der Waals surface area contributed by atoms with Crippen molar-refractivity contribution in [1.29, 1.82) is 0 Å². The van der Waals surface area contributed by atoms with E-state index in [4.69, 9.17) is 0 Å². The minimum Gasteiger partial charge on any atom is -0.469 e. The Morgan fingerprint density at radius 3 is 2.28 bits per heavy atom. The summed E-state index contributed by atoms with van der Waals surface area (Å²) in [5, 5.41) is 2.74. The Bertz CT molecular complexity index is 663. The molecule has 136 valence electrons. The normalized spacial score (nSPS) is 12.2. The predicted molar refractivity (Wildman–Crippen MR) is 87.8 cm³/mol. The lowest BCUT2D eigenvalue weighted by atomic mass is 10.1. The summed E-state index contributed by atoms with van der Waals surface area (Å²) in [5.74, 6) is -2.35. The number of rotatable bonds is 7. The molecule has 0 amide bonds. The highest BCUT2D eigenvalue weighted by Crippen LogP contribution is 2.19. The van der Waals surface area contributed by atoms with Crippen molar-refractivity contribution in [3.05, 3.63) is 53.9 Å². The van der Waals surface area contributed by atoms with Crippen LogP contribution in [0, 0.1) is 0 Å². The van der Waals surface area contributed by atoms with Crippen molar-refractivity contribution < 1.29 is 27.5 Å². The lowest BCUT2D eigenvalue weighted by Gasteiger charge is -2.11. The van der Waals surface area contributed by atoms with E-state index in [-0.39, 0.29) is 12.1 Å². The Balaban J connectivity index is 2.96. The molecule has 0 aliphatic rings. The smallest absolute Gasteiger partial charge is 0.454 e. The van der Waals surface area contributed by atoms with Gasteiger partial charge in [0, 0.05) is 37.8 Å². The number of hydrogen-bond donors (Lipinski definition) is 1. The van der Waals surface area contributed by atoms with Gasteiger partial charge >= 0.3 is 12.1 Å². The van der Waals surface area contributed by atoms with E-state index in [0.717, 1.165) is 0 Å². The van der Waals surface area contributed by atoms with Crippen LogP contribution in [0.2, 0.25) is 0 Å². The number of benzene rings is 1. The van der Waals surface area contributed by atoms with Crippen molar-refractivity contribution in [2.45, 2.75) is 12.6 Å². The first-order valence-electron chi connectivity index (χ1n) is 7.22. The highest BCUT2D eigenvalue weighted by molar-refractivity contribution is 5.95. The third-order valence-corrected chi connectivity index (χ3v) is 2.94. The summed E-state index contributed by atoms with van der Waals surface area (Å²) >= 11 is 0. The average molecular weight is 356 g/mol. The maximum atomic E-state index is 12.5. The van der Waals surface area contributed by atoms with E-state index in [2.05, 4.69) is 10.1 Å². The summed E-state index contributed by atoms with van der Waals surface area (Å²) in [6.45, 7) is 0. The summed E-state index contributed by atoms with van der Waals surface area (Å²) in [6, 6.07) is 6.46. The lowest BCUT2D eigenvalue weighted by molar-refractivity contribution is -0.165. The summed E-state index contributed by atoms with van der Waals surface area (Å²) < 4.78 is 41.9. The van der Waals surface area contributed by atoms with Crippen LogP contribution in [0.1, 0.15) is 5.56 Å². The molecule has 25 heavy (non-hydrogen) atoms. The second kappa shape index (κ2) is 8.91. The van der Waals surface area contributed by atoms with Crippen LogP contribution in [0.15, 0.2) is 48.3 Å². The van der Waals surface area contributed by atoms with Crippen LogP contribution >= 0.6 is 0 Å². The fourth-order valence-electron chi connectivity index (χ4n) is 1.69. The lowest BCUT2D eigenvalue weighted by Crippen LogP contribution is -2.21. The number of alkyl halides is 3. The number of carbonyl (C=O) groups is 2. The number of methoxy groups -OCH3 is 1. The van der Waals surface area contributed by atoms with E-state index in [0.29, 0.717) is 17.3 Å². The molecule has 0 aromatic heterocycles. The molecule has 0 heterocycles.